The van der Waals surface area contributed by atoms with Gasteiger partial charge >= 0.3 is 0 Å². The molecule has 8 heteroatoms. The van der Waals surface area contributed by atoms with Crippen molar-refractivity contribution in [3.63, 3.8) is 0 Å². The van der Waals surface area contributed by atoms with Gasteiger partial charge in [0.2, 0.25) is 5.91 Å². The number of benzene rings is 1. The van der Waals surface area contributed by atoms with Gasteiger partial charge in [-0.1, -0.05) is 24.8 Å². The van der Waals surface area contributed by atoms with Gasteiger partial charge in [-0.05, 0) is 37.5 Å². The highest BCUT2D eigenvalue weighted by atomic mass is 32.2. The summed E-state index contributed by atoms with van der Waals surface area (Å²) < 4.78 is 10.5. The summed E-state index contributed by atoms with van der Waals surface area (Å²) in [7, 11) is 3.18. The minimum atomic E-state index is -0.370. The van der Waals surface area contributed by atoms with E-state index in [2.05, 4.69) is 15.3 Å². The molecular formula is C19H25N3O4S. The lowest BCUT2D eigenvalue weighted by atomic mass is 10.1. The average Bonchev–Trinajstić information content (AvgIpc) is 2.67. The third kappa shape index (κ3) is 6.02. The molecule has 1 amide bonds. The van der Waals surface area contributed by atoms with Gasteiger partial charge in [-0.15, -0.1) is 0 Å². The predicted molar refractivity (Wildman–Crippen MR) is 106 cm³/mol. The number of ether oxygens (including phenoxy) is 2. The fourth-order valence-corrected chi connectivity index (χ4v) is 3.31. The number of aromatic amines is 1. The normalized spacial score (nSPS) is 11.7. The SMILES string of the molecule is CCc1cc(=O)[nH]c(SC(C)C(=O)NCCc2ccc(OC)c(OC)c2)n1. The molecule has 1 atom stereocenters. The molecule has 1 unspecified atom stereocenters. The van der Waals surface area contributed by atoms with Crippen molar-refractivity contribution in [2.75, 3.05) is 20.8 Å². The Balaban J connectivity index is 1.88. The summed E-state index contributed by atoms with van der Waals surface area (Å²) in [5, 5.41) is 3.00. The van der Waals surface area contributed by atoms with Gasteiger partial charge in [-0.25, -0.2) is 4.98 Å². The van der Waals surface area contributed by atoms with Crippen LogP contribution in [0, 0.1) is 0 Å². The highest BCUT2D eigenvalue weighted by Gasteiger charge is 2.16. The van der Waals surface area contributed by atoms with Crippen LogP contribution < -0.4 is 20.3 Å². The number of aryl methyl sites for hydroxylation is 1. The fraction of sp³-hybridized carbons (Fsp3) is 0.421. The number of aromatic nitrogens is 2. The number of rotatable bonds is 9. The van der Waals surface area contributed by atoms with E-state index in [1.165, 1.54) is 17.8 Å². The van der Waals surface area contributed by atoms with Gasteiger partial charge < -0.3 is 19.8 Å². The molecule has 0 radical (unpaired) electrons. The Labute approximate surface area is 162 Å². The first kappa shape index (κ1) is 20.8. The molecule has 7 nitrogen and oxygen atoms in total. The van der Waals surface area contributed by atoms with Crippen LogP contribution in [-0.2, 0) is 17.6 Å². The average molecular weight is 391 g/mol. The zero-order valence-corrected chi connectivity index (χ0v) is 16.8. The van der Waals surface area contributed by atoms with Gasteiger partial charge in [-0.2, -0.15) is 0 Å². The molecule has 0 spiro atoms. The van der Waals surface area contributed by atoms with E-state index in [4.69, 9.17) is 9.47 Å². The van der Waals surface area contributed by atoms with Crippen LogP contribution in [0.25, 0.3) is 0 Å². The van der Waals surface area contributed by atoms with Crippen molar-refractivity contribution in [1.82, 2.24) is 15.3 Å². The third-order valence-corrected chi connectivity index (χ3v) is 4.94. The minimum Gasteiger partial charge on any atom is -0.493 e. The summed E-state index contributed by atoms with van der Waals surface area (Å²) >= 11 is 1.24. The van der Waals surface area contributed by atoms with E-state index in [0.29, 0.717) is 41.7 Å². The van der Waals surface area contributed by atoms with Crippen molar-refractivity contribution in [1.29, 1.82) is 0 Å². The Morgan fingerprint density at radius 2 is 2.00 bits per heavy atom. The molecule has 2 N–H and O–H groups in total. The van der Waals surface area contributed by atoms with E-state index in [-0.39, 0.29) is 16.7 Å². The first-order valence-electron chi connectivity index (χ1n) is 8.72. The van der Waals surface area contributed by atoms with Crippen LogP contribution in [0.1, 0.15) is 25.1 Å². The number of carbonyl (C=O) groups excluding carboxylic acids is 1. The van der Waals surface area contributed by atoms with Crippen LogP contribution in [0.4, 0.5) is 0 Å². The number of methoxy groups -OCH3 is 2. The number of amides is 1. The van der Waals surface area contributed by atoms with E-state index in [0.717, 1.165) is 5.56 Å². The smallest absolute Gasteiger partial charge is 0.251 e. The molecule has 1 heterocycles. The summed E-state index contributed by atoms with van der Waals surface area (Å²) in [4.78, 5) is 30.9. The molecular weight excluding hydrogens is 366 g/mol. The highest BCUT2D eigenvalue weighted by Crippen LogP contribution is 2.27. The molecule has 0 bridgehead atoms. The first-order valence-corrected chi connectivity index (χ1v) is 9.60. The monoisotopic (exact) mass is 391 g/mol. The predicted octanol–water partition coefficient (Wildman–Crippen LogP) is 2.19. The highest BCUT2D eigenvalue weighted by molar-refractivity contribution is 8.00. The first-order chi connectivity index (χ1) is 13.0. The molecule has 0 saturated heterocycles. The molecule has 27 heavy (non-hydrogen) atoms. The van der Waals surface area contributed by atoms with Gasteiger partial charge in [0.15, 0.2) is 16.7 Å². The second-order valence-corrected chi connectivity index (χ2v) is 7.22. The molecule has 1 aromatic heterocycles. The molecule has 0 fully saturated rings. The van der Waals surface area contributed by atoms with E-state index < -0.39 is 0 Å². The van der Waals surface area contributed by atoms with Gasteiger partial charge in [0.25, 0.3) is 5.56 Å². The number of carbonyl (C=O) groups is 1. The van der Waals surface area contributed by atoms with Crippen molar-refractivity contribution >= 4 is 17.7 Å². The number of H-pyrrole nitrogens is 1. The van der Waals surface area contributed by atoms with Crippen LogP contribution in [0.5, 0.6) is 11.5 Å². The van der Waals surface area contributed by atoms with E-state index in [9.17, 15) is 9.59 Å². The third-order valence-electron chi connectivity index (χ3n) is 3.95. The largest absolute Gasteiger partial charge is 0.493 e. The van der Waals surface area contributed by atoms with Crippen LogP contribution in [0.2, 0.25) is 0 Å². The van der Waals surface area contributed by atoms with Crippen LogP contribution in [0.15, 0.2) is 34.2 Å². The molecule has 2 aromatic rings. The van der Waals surface area contributed by atoms with Crippen LogP contribution in [0.3, 0.4) is 0 Å². The van der Waals surface area contributed by atoms with E-state index in [1.807, 2.05) is 25.1 Å². The molecule has 146 valence electrons. The Morgan fingerprint density at radius 1 is 1.26 bits per heavy atom. The molecule has 2 rings (SSSR count). The molecule has 0 aliphatic carbocycles. The maximum atomic E-state index is 12.3. The van der Waals surface area contributed by atoms with Crippen molar-refractivity contribution in [3.05, 3.63) is 45.9 Å². The van der Waals surface area contributed by atoms with Gasteiger partial charge in [0.05, 0.1) is 19.5 Å². The number of hydrogen-bond acceptors (Lipinski definition) is 6. The van der Waals surface area contributed by atoms with Crippen molar-refractivity contribution in [2.45, 2.75) is 37.1 Å². The van der Waals surface area contributed by atoms with Crippen LogP contribution >= 0.6 is 11.8 Å². The summed E-state index contributed by atoms with van der Waals surface area (Å²) in [6, 6.07) is 7.15. The Morgan fingerprint density at radius 3 is 2.67 bits per heavy atom. The quantitative estimate of drug-likeness (QED) is 0.503. The maximum absolute atomic E-state index is 12.3. The number of thioether (sulfide) groups is 1. The standard InChI is InChI=1S/C19H25N3O4S/c1-5-14-11-17(23)22-19(21-14)27-12(2)18(24)20-9-8-13-6-7-15(25-3)16(10-13)26-4/h6-7,10-12H,5,8-9H2,1-4H3,(H,20,24)(H,21,22,23). The fourth-order valence-electron chi connectivity index (χ4n) is 2.45. The Hall–Kier alpha value is -2.48. The topological polar surface area (TPSA) is 93.3 Å². The van der Waals surface area contributed by atoms with Crippen molar-refractivity contribution < 1.29 is 14.3 Å². The van der Waals surface area contributed by atoms with Crippen molar-refractivity contribution in [3.8, 4) is 11.5 Å². The molecule has 0 aliphatic rings. The summed E-state index contributed by atoms with van der Waals surface area (Å²) in [6.07, 6.45) is 1.34. The number of nitrogens with zero attached hydrogens (tertiary/aromatic N) is 1. The summed E-state index contributed by atoms with van der Waals surface area (Å²) in [6.45, 7) is 4.22. The molecule has 0 saturated carbocycles. The zero-order valence-electron chi connectivity index (χ0n) is 16.0. The summed E-state index contributed by atoms with van der Waals surface area (Å²) in [5.74, 6) is 1.23. The lowest BCUT2D eigenvalue weighted by molar-refractivity contribution is -0.120. The summed E-state index contributed by atoms with van der Waals surface area (Å²) in [5.41, 5.74) is 1.54. The molecule has 0 aliphatic heterocycles. The van der Waals surface area contributed by atoms with Crippen molar-refractivity contribution in [2.24, 2.45) is 0 Å². The van der Waals surface area contributed by atoms with E-state index in [1.54, 1.807) is 21.1 Å². The van der Waals surface area contributed by atoms with E-state index >= 15 is 0 Å². The maximum Gasteiger partial charge on any atom is 0.251 e. The minimum absolute atomic E-state index is 0.106. The second kappa shape index (κ2) is 10.0. The van der Waals surface area contributed by atoms with Gasteiger partial charge in [-0.3, -0.25) is 9.59 Å². The Kier molecular flexibility index (Phi) is 7.72. The zero-order chi connectivity index (χ0) is 19.8. The number of nitrogens with one attached hydrogen (secondary N) is 2. The number of hydrogen-bond donors (Lipinski definition) is 2. The van der Waals surface area contributed by atoms with Crippen LogP contribution in [-0.4, -0.2) is 41.9 Å². The lowest BCUT2D eigenvalue weighted by Gasteiger charge is -2.13. The lowest BCUT2D eigenvalue weighted by Crippen LogP contribution is -2.32. The van der Waals surface area contributed by atoms with Gasteiger partial charge in [0.1, 0.15) is 0 Å². The second-order valence-electron chi connectivity index (χ2n) is 5.89. The Bertz CT molecular complexity index is 838. The molecule has 1 aromatic carbocycles. The van der Waals surface area contributed by atoms with Gasteiger partial charge in [0, 0.05) is 18.3 Å².